The third-order valence-electron chi connectivity index (χ3n) is 2.05. The lowest BCUT2D eigenvalue weighted by Gasteiger charge is -2.39. The average molecular weight is 257 g/mol. The van der Waals surface area contributed by atoms with E-state index in [1.807, 2.05) is 0 Å². The van der Waals surface area contributed by atoms with Crippen LogP contribution < -0.4 is 0 Å². The lowest BCUT2D eigenvalue weighted by molar-refractivity contribution is -0.284. The van der Waals surface area contributed by atoms with Crippen LogP contribution in [-0.4, -0.2) is 58.5 Å². The first kappa shape index (κ1) is 11.4. The van der Waals surface area contributed by atoms with Crippen LogP contribution in [0.15, 0.2) is 0 Å². The smallest absolute Gasteiger partial charge is 0.186 e. The Morgan fingerprint density at radius 1 is 1.23 bits per heavy atom. The molecule has 1 aliphatic heterocycles. The Bertz CT molecular complexity index is 147. The van der Waals surface area contributed by atoms with Crippen molar-refractivity contribution in [3.63, 3.8) is 0 Å². The lowest BCUT2D eigenvalue weighted by atomic mass is 10.0. The highest BCUT2D eigenvalue weighted by atomic mass is 79.9. The summed E-state index contributed by atoms with van der Waals surface area (Å²) in [7, 11) is 1.36. The molecule has 1 rings (SSSR count). The molecule has 0 amide bonds. The number of aliphatic hydroxyl groups is 3. The molecule has 0 radical (unpaired) electrons. The standard InChI is InChI=1S/C7H13BrO5/c1-12-7-6(11)5(10)4(9)3(2-8)13-7/h3-7,9-11H,2H2,1H3/t3-,4-,5+,6-,7-/m1/s1. The highest BCUT2D eigenvalue weighted by Crippen LogP contribution is 2.22. The van der Waals surface area contributed by atoms with Gasteiger partial charge in [0.25, 0.3) is 0 Å². The first-order valence-electron chi connectivity index (χ1n) is 3.90. The van der Waals surface area contributed by atoms with Gasteiger partial charge >= 0.3 is 0 Å². The number of alkyl halides is 1. The van der Waals surface area contributed by atoms with Gasteiger partial charge in [-0.15, -0.1) is 0 Å². The van der Waals surface area contributed by atoms with E-state index in [-0.39, 0.29) is 0 Å². The second kappa shape index (κ2) is 4.68. The monoisotopic (exact) mass is 256 g/mol. The van der Waals surface area contributed by atoms with Gasteiger partial charge in [-0.05, 0) is 0 Å². The maximum absolute atomic E-state index is 9.40. The summed E-state index contributed by atoms with van der Waals surface area (Å²) < 4.78 is 9.94. The van der Waals surface area contributed by atoms with Gasteiger partial charge in [0.2, 0.25) is 0 Å². The first-order valence-corrected chi connectivity index (χ1v) is 5.02. The van der Waals surface area contributed by atoms with Gasteiger partial charge in [0, 0.05) is 12.4 Å². The van der Waals surface area contributed by atoms with Crippen molar-refractivity contribution in [2.45, 2.75) is 30.7 Å². The maximum atomic E-state index is 9.40. The molecule has 0 aromatic rings. The SMILES string of the molecule is CO[C@@H]1O[C@H](CBr)[C@@H](O)[C@H](O)[C@H]1O. The molecule has 78 valence electrons. The van der Waals surface area contributed by atoms with Crippen LogP contribution in [0, 0.1) is 0 Å². The molecule has 1 fully saturated rings. The fourth-order valence-electron chi connectivity index (χ4n) is 1.24. The fourth-order valence-corrected chi connectivity index (χ4v) is 1.77. The molecule has 1 heterocycles. The molecular weight excluding hydrogens is 244 g/mol. The van der Waals surface area contributed by atoms with Crippen molar-refractivity contribution < 1.29 is 24.8 Å². The van der Waals surface area contributed by atoms with Crippen LogP contribution in [-0.2, 0) is 9.47 Å². The molecule has 1 saturated heterocycles. The van der Waals surface area contributed by atoms with E-state index < -0.39 is 30.7 Å². The molecule has 5 nitrogen and oxygen atoms in total. The zero-order valence-electron chi connectivity index (χ0n) is 7.13. The molecule has 6 heteroatoms. The highest BCUT2D eigenvalue weighted by molar-refractivity contribution is 9.09. The minimum Gasteiger partial charge on any atom is -0.388 e. The normalized spacial score (nSPS) is 46.4. The summed E-state index contributed by atoms with van der Waals surface area (Å²) in [5.74, 6) is 0. The summed E-state index contributed by atoms with van der Waals surface area (Å²) in [6.45, 7) is 0. The van der Waals surface area contributed by atoms with E-state index in [1.54, 1.807) is 0 Å². The summed E-state index contributed by atoms with van der Waals surface area (Å²) in [6, 6.07) is 0. The Kier molecular flexibility index (Phi) is 4.08. The summed E-state index contributed by atoms with van der Waals surface area (Å²) in [4.78, 5) is 0. The summed E-state index contributed by atoms with van der Waals surface area (Å²) in [5.41, 5.74) is 0. The van der Waals surface area contributed by atoms with Gasteiger partial charge in [0.1, 0.15) is 18.3 Å². The Hall–Kier alpha value is 0.280. The molecule has 1 aliphatic rings. The van der Waals surface area contributed by atoms with E-state index in [2.05, 4.69) is 15.9 Å². The van der Waals surface area contributed by atoms with Crippen molar-refractivity contribution in [1.82, 2.24) is 0 Å². The number of rotatable bonds is 2. The van der Waals surface area contributed by atoms with E-state index >= 15 is 0 Å². The third-order valence-corrected chi connectivity index (χ3v) is 2.69. The average Bonchev–Trinajstić information content (AvgIpc) is 2.15. The second-order valence-corrected chi connectivity index (χ2v) is 3.55. The second-order valence-electron chi connectivity index (χ2n) is 2.90. The van der Waals surface area contributed by atoms with Crippen LogP contribution in [0.2, 0.25) is 0 Å². The van der Waals surface area contributed by atoms with E-state index in [0.717, 1.165) is 0 Å². The molecule has 0 aromatic carbocycles. The van der Waals surface area contributed by atoms with Crippen molar-refractivity contribution in [2.75, 3.05) is 12.4 Å². The van der Waals surface area contributed by atoms with Crippen LogP contribution in [0.1, 0.15) is 0 Å². The Labute approximate surface area is 84.4 Å². The number of methoxy groups -OCH3 is 1. The number of hydrogen-bond donors (Lipinski definition) is 3. The molecule has 0 saturated carbocycles. The van der Waals surface area contributed by atoms with Gasteiger partial charge in [-0.2, -0.15) is 0 Å². The van der Waals surface area contributed by atoms with Gasteiger partial charge in [0.15, 0.2) is 6.29 Å². The number of ether oxygens (including phenoxy) is 2. The molecular formula is C7H13BrO5. The van der Waals surface area contributed by atoms with Crippen LogP contribution in [0.3, 0.4) is 0 Å². The quantitative estimate of drug-likeness (QED) is 0.543. The minimum atomic E-state index is -1.23. The van der Waals surface area contributed by atoms with Gasteiger partial charge in [-0.25, -0.2) is 0 Å². The molecule has 0 aromatic heterocycles. The van der Waals surface area contributed by atoms with Crippen LogP contribution in [0.4, 0.5) is 0 Å². The minimum absolute atomic E-state index is 0.373. The topological polar surface area (TPSA) is 79.2 Å². The lowest BCUT2D eigenvalue weighted by Crippen LogP contribution is -2.58. The molecule has 0 unspecified atom stereocenters. The third kappa shape index (κ3) is 2.20. The van der Waals surface area contributed by atoms with Crippen molar-refractivity contribution in [3.05, 3.63) is 0 Å². The van der Waals surface area contributed by atoms with Crippen molar-refractivity contribution >= 4 is 15.9 Å². The van der Waals surface area contributed by atoms with Crippen LogP contribution in [0.25, 0.3) is 0 Å². The Balaban J connectivity index is 2.66. The van der Waals surface area contributed by atoms with Gasteiger partial charge in [0.05, 0.1) is 6.10 Å². The van der Waals surface area contributed by atoms with E-state index in [1.165, 1.54) is 7.11 Å². The Morgan fingerprint density at radius 2 is 1.85 bits per heavy atom. The van der Waals surface area contributed by atoms with Gasteiger partial charge in [-0.3, -0.25) is 0 Å². The van der Waals surface area contributed by atoms with Crippen molar-refractivity contribution in [2.24, 2.45) is 0 Å². The van der Waals surface area contributed by atoms with E-state index in [9.17, 15) is 15.3 Å². The number of halogens is 1. The van der Waals surface area contributed by atoms with Gasteiger partial charge in [-0.1, -0.05) is 15.9 Å². The molecule has 0 bridgehead atoms. The van der Waals surface area contributed by atoms with Crippen LogP contribution in [0.5, 0.6) is 0 Å². The first-order chi connectivity index (χ1) is 6.11. The van der Waals surface area contributed by atoms with Crippen LogP contribution >= 0.6 is 15.9 Å². The predicted octanol–water partition coefficient (Wildman–Crippen LogP) is -1.16. The van der Waals surface area contributed by atoms with E-state index in [0.29, 0.717) is 5.33 Å². The van der Waals surface area contributed by atoms with Gasteiger partial charge < -0.3 is 24.8 Å². The molecule has 0 spiro atoms. The van der Waals surface area contributed by atoms with E-state index in [4.69, 9.17) is 9.47 Å². The van der Waals surface area contributed by atoms with Crippen molar-refractivity contribution in [1.29, 1.82) is 0 Å². The largest absolute Gasteiger partial charge is 0.388 e. The molecule has 0 aliphatic carbocycles. The molecule has 13 heavy (non-hydrogen) atoms. The number of hydrogen-bond acceptors (Lipinski definition) is 5. The summed E-state index contributed by atoms with van der Waals surface area (Å²) in [5, 5.41) is 28.5. The zero-order chi connectivity index (χ0) is 10.0. The van der Waals surface area contributed by atoms with Crippen molar-refractivity contribution in [3.8, 4) is 0 Å². The highest BCUT2D eigenvalue weighted by Gasteiger charge is 2.43. The summed E-state index contributed by atoms with van der Waals surface area (Å²) in [6.07, 6.45) is -5.00. The Morgan fingerprint density at radius 3 is 2.31 bits per heavy atom. The zero-order valence-corrected chi connectivity index (χ0v) is 8.72. The fraction of sp³-hybridized carbons (Fsp3) is 1.00. The summed E-state index contributed by atoms with van der Waals surface area (Å²) >= 11 is 3.12. The molecule has 5 atom stereocenters. The molecule has 3 N–H and O–H groups in total. The predicted molar refractivity (Wildman–Crippen MR) is 47.5 cm³/mol. The number of aliphatic hydroxyl groups excluding tert-OH is 3. The maximum Gasteiger partial charge on any atom is 0.186 e.